The van der Waals surface area contributed by atoms with Crippen LogP contribution >= 0.6 is 0 Å². The first-order valence-corrected chi connectivity index (χ1v) is 11.3. The molecule has 2 aliphatic heterocycles. The summed E-state index contributed by atoms with van der Waals surface area (Å²) in [6.07, 6.45) is 4.59. The standard InChI is InChI=1S/C22H25N3OSe/c1-18(26)21-23-25(20-13-7-3-8-14-20)22(27-21,24-15-9-4-10-16-24)17-19-11-5-2-6-12-19/h2-3,5-8,11-14H,4,9-10,15-17H2,1H3. The summed E-state index contributed by atoms with van der Waals surface area (Å²) in [5.74, 6) is 0.0999. The van der Waals surface area contributed by atoms with Crippen LogP contribution in [0.5, 0.6) is 0 Å². The molecule has 4 nitrogen and oxygen atoms in total. The van der Waals surface area contributed by atoms with Gasteiger partial charge < -0.3 is 0 Å². The van der Waals surface area contributed by atoms with Gasteiger partial charge in [0.15, 0.2) is 0 Å². The fourth-order valence-corrected chi connectivity index (χ4v) is 6.74. The van der Waals surface area contributed by atoms with Crippen LogP contribution in [-0.4, -0.2) is 47.9 Å². The minimum absolute atomic E-state index is 0.0398. The van der Waals surface area contributed by atoms with Crippen LogP contribution in [0.15, 0.2) is 65.8 Å². The molecule has 0 spiro atoms. The first-order valence-electron chi connectivity index (χ1n) is 9.62. The van der Waals surface area contributed by atoms with Crippen LogP contribution in [0, 0.1) is 0 Å². The number of hydrazone groups is 1. The summed E-state index contributed by atoms with van der Waals surface area (Å²) in [6, 6.07) is 21.0. The van der Waals surface area contributed by atoms with Gasteiger partial charge in [0.2, 0.25) is 0 Å². The molecule has 1 fully saturated rings. The van der Waals surface area contributed by atoms with E-state index in [1.165, 1.54) is 24.8 Å². The Morgan fingerprint density at radius 2 is 1.63 bits per heavy atom. The average molecular weight is 426 g/mol. The normalized spacial score (nSPS) is 23.3. The monoisotopic (exact) mass is 427 g/mol. The number of para-hydroxylation sites is 1. The number of hydrogen-bond donors (Lipinski definition) is 0. The van der Waals surface area contributed by atoms with Crippen LogP contribution in [0.25, 0.3) is 0 Å². The Labute approximate surface area is 167 Å². The van der Waals surface area contributed by atoms with Gasteiger partial charge in [-0.3, -0.25) is 0 Å². The van der Waals surface area contributed by atoms with Crippen molar-refractivity contribution in [2.75, 3.05) is 18.1 Å². The first-order chi connectivity index (χ1) is 13.2. The zero-order valence-corrected chi connectivity index (χ0v) is 17.4. The molecule has 0 N–H and O–H groups in total. The average Bonchev–Trinajstić information content (AvgIpc) is 3.11. The first kappa shape index (κ1) is 18.4. The van der Waals surface area contributed by atoms with E-state index in [1.54, 1.807) is 6.92 Å². The van der Waals surface area contributed by atoms with E-state index in [2.05, 4.69) is 52.4 Å². The number of anilines is 1. The molecule has 0 bridgehead atoms. The molecule has 5 heteroatoms. The van der Waals surface area contributed by atoms with Crippen LogP contribution in [-0.2, 0) is 11.2 Å². The molecule has 0 amide bonds. The Morgan fingerprint density at radius 1 is 1.00 bits per heavy atom. The molecule has 1 unspecified atom stereocenters. The quantitative estimate of drug-likeness (QED) is 0.687. The SMILES string of the molecule is CC(=O)C1=NN(c2ccccc2)C(Cc2ccccc2)(N2CCCCC2)[Se]1. The van der Waals surface area contributed by atoms with Crippen molar-refractivity contribution in [3.05, 3.63) is 66.2 Å². The zero-order valence-electron chi connectivity index (χ0n) is 15.7. The molecule has 1 saturated heterocycles. The number of carbonyl (C=O) groups is 1. The van der Waals surface area contributed by atoms with Gasteiger partial charge in [0.25, 0.3) is 0 Å². The maximum absolute atomic E-state index is 12.3. The van der Waals surface area contributed by atoms with Crippen molar-refractivity contribution >= 4 is 31.0 Å². The Hall–Kier alpha value is -1.94. The van der Waals surface area contributed by atoms with Crippen molar-refractivity contribution < 1.29 is 4.79 Å². The third-order valence-corrected chi connectivity index (χ3v) is 8.28. The summed E-state index contributed by atoms with van der Waals surface area (Å²) in [4.78, 5) is 14.9. The number of carbonyl (C=O) groups excluding carboxylic acids is 1. The van der Waals surface area contributed by atoms with E-state index in [-0.39, 0.29) is 25.3 Å². The van der Waals surface area contributed by atoms with Crippen LogP contribution in [0.2, 0.25) is 0 Å². The van der Waals surface area contributed by atoms with E-state index in [4.69, 9.17) is 5.10 Å². The molecule has 4 rings (SSSR count). The van der Waals surface area contributed by atoms with Gasteiger partial charge in [-0.25, -0.2) is 0 Å². The van der Waals surface area contributed by atoms with E-state index < -0.39 is 0 Å². The summed E-state index contributed by atoms with van der Waals surface area (Å²) in [6.45, 7) is 3.79. The third kappa shape index (κ3) is 3.73. The van der Waals surface area contributed by atoms with Crippen molar-refractivity contribution in [2.45, 2.75) is 37.2 Å². The molecule has 2 aromatic rings. The number of likely N-dealkylation sites (tertiary alicyclic amines) is 1. The van der Waals surface area contributed by atoms with Gasteiger partial charge in [0.1, 0.15) is 0 Å². The number of benzene rings is 2. The number of piperidine rings is 1. The van der Waals surface area contributed by atoms with E-state index in [1.807, 2.05) is 18.2 Å². The van der Waals surface area contributed by atoms with E-state index in [0.717, 1.165) is 29.8 Å². The van der Waals surface area contributed by atoms with Crippen LogP contribution in [0.4, 0.5) is 5.69 Å². The van der Waals surface area contributed by atoms with E-state index >= 15 is 0 Å². The van der Waals surface area contributed by atoms with Gasteiger partial charge in [-0.1, -0.05) is 0 Å². The predicted octanol–water partition coefficient (Wildman–Crippen LogP) is 3.50. The number of ketones is 1. The Kier molecular flexibility index (Phi) is 5.44. The molecular formula is C22H25N3OSe. The minimum atomic E-state index is -0.253. The molecule has 27 heavy (non-hydrogen) atoms. The van der Waals surface area contributed by atoms with E-state index in [0.29, 0.717) is 0 Å². The fraction of sp³-hybridized carbons (Fsp3) is 0.364. The van der Waals surface area contributed by atoms with Gasteiger partial charge in [-0.2, -0.15) is 0 Å². The summed E-state index contributed by atoms with van der Waals surface area (Å²) >= 11 is -0.0398. The number of nitrogens with zero attached hydrogens (tertiary/aromatic N) is 3. The summed E-state index contributed by atoms with van der Waals surface area (Å²) in [5, 5.41) is 7.02. The van der Waals surface area contributed by atoms with Crippen molar-refractivity contribution in [1.82, 2.24) is 4.90 Å². The second kappa shape index (κ2) is 7.97. The van der Waals surface area contributed by atoms with Gasteiger partial charge in [0, 0.05) is 0 Å². The third-order valence-electron chi connectivity index (χ3n) is 5.21. The van der Waals surface area contributed by atoms with Crippen molar-refractivity contribution in [2.24, 2.45) is 5.10 Å². The number of Topliss-reactive ketones (excluding diaryl/α,β-unsaturated/α-hetero) is 1. The Balaban J connectivity index is 1.80. The van der Waals surface area contributed by atoms with Crippen LogP contribution in [0.3, 0.4) is 0 Å². The second-order valence-electron chi connectivity index (χ2n) is 7.16. The molecule has 0 radical (unpaired) electrons. The molecule has 140 valence electrons. The number of hydrogen-bond acceptors (Lipinski definition) is 4. The van der Waals surface area contributed by atoms with Gasteiger partial charge in [0.05, 0.1) is 0 Å². The van der Waals surface area contributed by atoms with Gasteiger partial charge >= 0.3 is 167 Å². The fourth-order valence-electron chi connectivity index (χ4n) is 3.88. The predicted molar refractivity (Wildman–Crippen MR) is 111 cm³/mol. The number of rotatable bonds is 5. The van der Waals surface area contributed by atoms with Gasteiger partial charge in [-0.05, 0) is 0 Å². The second-order valence-corrected chi connectivity index (χ2v) is 9.78. The molecular weight excluding hydrogens is 401 g/mol. The van der Waals surface area contributed by atoms with Crippen LogP contribution in [0.1, 0.15) is 31.7 Å². The molecule has 0 aromatic heterocycles. The molecule has 2 aliphatic rings. The van der Waals surface area contributed by atoms with Crippen LogP contribution < -0.4 is 5.01 Å². The summed E-state index contributed by atoms with van der Waals surface area (Å²) in [7, 11) is 0. The topological polar surface area (TPSA) is 35.9 Å². The Morgan fingerprint density at radius 3 is 2.26 bits per heavy atom. The summed E-state index contributed by atoms with van der Waals surface area (Å²) < 4.78 is 0.491. The molecule has 2 heterocycles. The molecule has 1 atom stereocenters. The molecule has 0 aliphatic carbocycles. The van der Waals surface area contributed by atoms with Crippen molar-refractivity contribution in [1.29, 1.82) is 0 Å². The maximum atomic E-state index is 12.3. The molecule has 2 aromatic carbocycles. The Bertz CT molecular complexity index is 818. The summed E-state index contributed by atoms with van der Waals surface area (Å²) in [5.41, 5.74) is 2.36. The molecule has 0 saturated carbocycles. The van der Waals surface area contributed by atoms with Crippen molar-refractivity contribution in [3.63, 3.8) is 0 Å². The van der Waals surface area contributed by atoms with Gasteiger partial charge in [-0.15, -0.1) is 0 Å². The van der Waals surface area contributed by atoms with Crippen molar-refractivity contribution in [3.8, 4) is 0 Å². The van der Waals surface area contributed by atoms with E-state index in [9.17, 15) is 4.79 Å². The zero-order chi connectivity index (χ0) is 18.7.